The third kappa shape index (κ3) is 3.98. The molecule has 1 atom stereocenters. The Hall–Kier alpha value is -1.40. The lowest BCUT2D eigenvalue weighted by atomic mass is 10.1. The summed E-state index contributed by atoms with van der Waals surface area (Å²) in [5.74, 6) is 0. The number of benzene rings is 1. The normalized spacial score (nSPS) is 12.6. The quantitative estimate of drug-likeness (QED) is 0.615. The number of thiophene rings is 1. The van der Waals surface area contributed by atoms with Crippen molar-refractivity contribution in [1.29, 1.82) is 0 Å². The highest BCUT2D eigenvalue weighted by atomic mass is 32.2. The van der Waals surface area contributed by atoms with Crippen molar-refractivity contribution in [2.75, 3.05) is 20.0 Å². The molecule has 3 rings (SSSR count). The molecule has 0 aliphatic carbocycles. The maximum atomic E-state index is 5.21. The van der Waals surface area contributed by atoms with E-state index >= 15 is 0 Å². The molecule has 0 spiro atoms. The fourth-order valence-corrected chi connectivity index (χ4v) is 3.86. The largest absolute Gasteiger partial charge is 0.383 e. The van der Waals surface area contributed by atoms with Crippen molar-refractivity contribution in [2.24, 2.45) is 0 Å². The van der Waals surface area contributed by atoms with Gasteiger partial charge in [-0.2, -0.15) is 0 Å². The van der Waals surface area contributed by atoms with E-state index in [0.717, 1.165) is 17.8 Å². The second-order valence-electron chi connectivity index (χ2n) is 5.77. The highest BCUT2D eigenvalue weighted by Crippen LogP contribution is 2.30. The number of hydrogen-bond donors (Lipinski definition) is 1. The zero-order chi connectivity index (χ0) is 16.9. The van der Waals surface area contributed by atoms with Gasteiger partial charge in [0.2, 0.25) is 0 Å². The minimum atomic E-state index is 0.306. The summed E-state index contributed by atoms with van der Waals surface area (Å²) in [5, 5.41) is 6.81. The number of ether oxygens (including phenoxy) is 1. The SMILES string of the molecule is COCC(C)NCc1cc2ccc(SC)cc2nc1-c1cccs1. The molecular weight excluding hydrogens is 336 g/mol. The lowest BCUT2D eigenvalue weighted by Crippen LogP contribution is -2.29. The fourth-order valence-electron chi connectivity index (χ4n) is 2.67. The third-order valence-electron chi connectivity index (χ3n) is 3.92. The molecule has 2 aromatic heterocycles. The van der Waals surface area contributed by atoms with Crippen molar-refractivity contribution in [3.8, 4) is 10.6 Å². The van der Waals surface area contributed by atoms with Gasteiger partial charge in [-0.15, -0.1) is 23.1 Å². The molecule has 0 aliphatic heterocycles. The van der Waals surface area contributed by atoms with Crippen molar-refractivity contribution in [3.63, 3.8) is 0 Å². The van der Waals surface area contributed by atoms with Gasteiger partial charge in [-0.05, 0) is 48.4 Å². The Labute approximate surface area is 151 Å². The smallest absolute Gasteiger partial charge is 0.0854 e. The predicted molar refractivity (Wildman–Crippen MR) is 105 cm³/mol. The Kier molecular flexibility index (Phi) is 5.89. The maximum Gasteiger partial charge on any atom is 0.0854 e. The van der Waals surface area contributed by atoms with Crippen LogP contribution >= 0.6 is 23.1 Å². The van der Waals surface area contributed by atoms with E-state index in [1.54, 1.807) is 30.2 Å². The van der Waals surface area contributed by atoms with Crippen molar-refractivity contribution in [1.82, 2.24) is 10.3 Å². The molecule has 0 saturated carbocycles. The monoisotopic (exact) mass is 358 g/mol. The van der Waals surface area contributed by atoms with Crippen LogP contribution in [-0.2, 0) is 11.3 Å². The molecule has 3 nitrogen and oxygen atoms in total. The Morgan fingerprint density at radius 3 is 2.88 bits per heavy atom. The minimum Gasteiger partial charge on any atom is -0.383 e. The molecule has 0 saturated heterocycles. The van der Waals surface area contributed by atoms with Crippen LogP contribution in [0.3, 0.4) is 0 Å². The van der Waals surface area contributed by atoms with Gasteiger partial charge in [0.15, 0.2) is 0 Å². The summed E-state index contributed by atoms with van der Waals surface area (Å²) in [7, 11) is 1.73. The first-order valence-electron chi connectivity index (χ1n) is 7.95. The van der Waals surface area contributed by atoms with Crippen LogP contribution in [0.5, 0.6) is 0 Å². The van der Waals surface area contributed by atoms with Crippen LogP contribution in [0, 0.1) is 0 Å². The van der Waals surface area contributed by atoms with Crippen LogP contribution in [0.25, 0.3) is 21.5 Å². The van der Waals surface area contributed by atoms with Gasteiger partial charge in [0.25, 0.3) is 0 Å². The van der Waals surface area contributed by atoms with Gasteiger partial charge in [-0.3, -0.25) is 0 Å². The topological polar surface area (TPSA) is 34.1 Å². The number of hydrogen-bond acceptors (Lipinski definition) is 5. The summed E-state index contributed by atoms with van der Waals surface area (Å²) < 4.78 is 5.21. The molecule has 2 heterocycles. The average molecular weight is 359 g/mol. The van der Waals surface area contributed by atoms with Gasteiger partial charge in [0.05, 0.1) is 22.7 Å². The van der Waals surface area contributed by atoms with Gasteiger partial charge in [-0.25, -0.2) is 4.98 Å². The first-order chi connectivity index (χ1) is 11.7. The summed E-state index contributed by atoms with van der Waals surface area (Å²) in [5.41, 5.74) is 3.36. The standard InChI is InChI=1S/C19H22N2OS2/c1-13(12-22-2)20-11-15-9-14-6-7-16(23-3)10-17(14)21-19(15)18-5-4-8-24-18/h4-10,13,20H,11-12H2,1-3H3. The van der Waals surface area contributed by atoms with E-state index in [1.807, 2.05) is 0 Å². The van der Waals surface area contributed by atoms with Gasteiger partial charge >= 0.3 is 0 Å². The van der Waals surface area contributed by atoms with Crippen LogP contribution in [0.2, 0.25) is 0 Å². The number of methoxy groups -OCH3 is 1. The Balaban J connectivity index is 2.00. The number of fused-ring (bicyclic) bond motifs is 1. The molecule has 3 aromatic rings. The van der Waals surface area contributed by atoms with Crippen molar-refractivity contribution < 1.29 is 4.74 Å². The van der Waals surface area contributed by atoms with E-state index in [9.17, 15) is 0 Å². The molecule has 0 bridgehead atoms. The van der Waals surface area contributed by atoms with E-state index < -0.39 is 0 Å². The molecule has 5 heteroatoms. The van der Waals surface area contributed by atoms with E-state index in [0.29, 0.717) is 12.6 Å². The summed E-state index contributed by atoms with van der Waals surface area (Å²) in [6.07, 6.45) is 2.09. The Morgan fingerprint density at radius 1 is 1.29 bits per heavy atom. The first-order valence-corrected chi connectivity index (χ1v) is 10.1. The van der Waals surface area contributed by atoms with E-state index in [1.165, 1.54) is 20.7 Å². The van der Waals surface area contributed by atoms with Crippen LogP contribution < -0.4 is 5.32 Å². The van der Waals surface area contributed by atoms with Crippen molar-refractivity contribution >= 4 is 34.0 Å². The molecule has 1 aromatic carbocycles. The molecular formula is C19H22N2OS2. The number of pyridine rings is 1. The molecule has 126 valence electrons. The highest BCUT2D eigenvalue weighted by molar-refractivity contribution is 7.98. The highest BCUT2D eigenvalue weighted by Gasteiger charge is 2.12. The summed E-state index contributed by atoms with van der Waals surface area (Å²) in [6.45, 7) is 3.62. The number of rotatable bonds is 7. The van der Waals surface area contributed by atoms with Crippen LogP contribution in [0.4, 0.5) is 0 Å². The summed E-state index contributed by atoms with van der Waals surface area (Å²) >= 11 is 3.48. The van der Waals surface area contributed by atoms with Crippen molar-refractivity contribution in [2.45, 2.75) is 24.4 Å². The van der Waals surface area contributed by atoms with E-state index in [2.05, 4.69) is 60.3 Å². The second-order valence-corrected chi connectivity index (χ2v) is 7.60. The number of aromatic nitrogens is 1. The lowest BCUT2D eigenvalue weighted by Gasteiger charge is -2.15. The summed E-state index contributed by atoms with van der Waals surface area (Å²) in [4.78, 5) is 7.43. The third-order valence-corrected chi connectivity index (χ3v) is 5.52. The zero-order valence-electron chi connectivity index (χ0n) is 14.2. The van der Waals surface area contributed by atoms with Crippen LogP contribution in [0.1, 0.15) is 12.5 Å². The van der Waals surface area contributed by atoms with Gasteiger partial charge in [-0.1, -0.05) is 12.1 Å². The van der Waals surface area contributed by atoms with Crippen LogP contribution in [0.15, 0.2) is 46.7 Å². The van der Waals surface area contributed by atoms with E-state index in [-0.39, 0.29) is 0 Å². The summed E-state index contributed by atoms with van der Waals surface area (Å²) in [6, 6.07) is 13.3. The van der Waals surface area contributed by atoms with E-state index in [4.69, 9.17) is 9.72 Å². The Morgan fingerprint density at radius 2 is 2.17 bits per heavy atom. The molecule has 1 N–H and O–H groups in total. The minimum absolute atomic E-state index is 0.306. The zero-order valence-corrected chi connectivity index (χ0v) is 15.8. The molecule has 1 unspecified atom stereocenters. The molecule has 24 heavy (non-hydrogen) atoms. The number of nitrogens with zero attached hydrogens (tertiary/aromatic N) is 1. The van der Waals surface area contributed by atoms with Crippen LogP contribution in [-0.4, -0.2) is 31.0 Å². The van der Waals surface area contributed by atoms with Gasteiger partial charge < -0.3 is 10.1 Å². The van der Waals surface area contributed by atoms with Gasteiger partial charge in [0, 0.05) is 30.0 Å². The van der Waals surface area contributed by atoms with Crippen molar-refractivity contribution in [3.05, 3.63) is 47.3 Å². The number of thioether (sulfide) groups is 1. The second kappa shape index (κ2) is 8.12. The fraction of sp³-hybridized carbons (Fsp3) is 0.316. The molecule has 0 radical (unpaired) electrons. The maximum absolute atomic E-state index is 5.21. The lowest BCUT2D eigenvalue weighted by molar-refractivity contribution is 0.171. The van der Waals surface area contributed by atoms with Gasteiger partial charge in [0.1, 0.15) is 0 Å². The molecule has 0 aliphatic rings. The Bertz CT molecular complexity index is 802. The number of nitrogens with one attached hydrogen (secondary N) is 1. The average Bonchev–Trinajstić information content (AvgIpc) is 3.13. The molecule has 0 fully saturated rings. The first kappa shape index (κ1) is 17.4. The predicted octanol–water partition coefficient (Wildman–Crippen LogP) is 4.81. The molecule has 0 amide bonds.